The predicted octanol–water partition coefficient (Wildman–Crippen LogP) is 1.51. The van der Waals surface area contributed by atoms with Crippen molar-refractivity contribution in [2.24, 2.45) is 11.7 Å². The molecule has 0 unspecified atom stereocenters. The molecule has 13 heavy (non-hydrogen) atoms. The van der Waals surface area contributed by atoms with Crippen molar-refractivity contribution in [2.75, 3.05) is 6.54 Å². The zero-order valence-corrected chi connectivity index (χ0v) is 8.33. The van der Waals surface area contributed by atoms with E-state index in [4.69, 9.17) is 5.73 Å². The van der Waals surface area contributed by atoms with E-state index in [2.05, 4.69) is 25.5 Å². The number of hydrogen-bond donors (Lipinski definition) is 1. The average Bonchev–Trinajstić information content (AvgIpc) is 2.50. The first-order valence-corrected chi connectivity index (χ1v) is 4.54. The highest BCUT2D eigenvalue weighted by molar-refractivity contribution is 5.63. The minimum atomic E-state index is 0.493. The highest BCUT2D eigenvalue weighted by Gasteiger charge is 2.02. The van der Waals surface area contributed by atoms with Crippen LogP contribution in [0.4, 0.5) is 0 Å². The molecule has 3 nitrogen and oxygen atoms in total. The second-order valence-electron chi connectivity index (χ2n) is 3.65. The van der Waals surface area contributed by atoms with Gasteiger partial charge in [0.05, 0.1) is 6.20 Å². The van der Waals surface area contributed by atoms with Crippen LogP contribution in [0.3, 0.4) is 0 Å². The van der Waals surface area contributed by atoms with E-state index >= 15 is 0 Å². The smallest absolute Gasteiger partial charge is 0.0565 e. The minimum absolute atomic E-state index is 0.493. The summed E-state index contributed by atoms with van der Waals surface area (Å²) in [5, 5.41) is 4.23. The Morgan fingerprint density at radius 3 is 2.92 bits per heavy atom. The second kappa shape index (κ2) is 4.23. The summed E-state index contributed by atoms with van der Waals surface area (Å²) >= 11 is 0. The van der Waals surface area contributed by atoms with Crippen molar-refractivity contribution >= 4 is 5.57 Å². The molecule has 0 fully saturated rings. The Bertz CT molecular complexity index is 286. The number of nitrogens with two attached hydrogens (primary N) is 1. The van der Waals surface area contributed by atoms with Gasteiger partial charge in [-0.2, -0.15) is 5.10 Å². The minimum Gasteiger partial charge on any atom is -0.326 e. The molecular formula is C10H17N3. The molecule has 1 aromatic rings. The maximum Gasteiger partial charge on any atom is 0.0565 e. The summed E-state index contributed by atoms with van der Waals surface area (Å²) in [4.78, 5) is 0. The fraction of sp³-hybridized carbons (Fsp3) is 0.500. The van der Waals surface area contributed by atoms with Gasteiger partial charge in [-0.05, 0) is 11.5 Å². The van der Waals surface area contributed by atoms with Crippen LogP contribution < -0.4 is 5.73 Å². The van der Waals surface area contributed by atoms with Crippen LogP contribution in [0.15, 0.2) is 19.0 Å². The summed E-state index contributed by atoms with van der Waals surface area (Å²) < 4.78 is 1.93. The van der Waals surface area contributed by atoms with Gasteiger partial charge in [0.1, 0.15) is 0 Å². The third-order valence-corrected chi connectivity index (χ3v) is 1.84. The Morgan fingerprint density at radius 2 is 2.38 bits per heavy atom. The summed E-state index contributed by atoms with van der Waals surface area (Å²) in [6, 6.07) is 0. The molecule has 0 aliphatic heterocycles. The summed E-state index contributed by atoms with van der Waals surface area (Å²) in [6.45, 7) is 9.62. The number of aromatic nitrogens is 2. The first-order chi connectivity index (χ1) is 6.13. The second-order valence-corrected chi connectivity index (χ2v) is 3.65. The SMILES string of the molecule is C=C(CN)c1cnn(CC(C)C)c1. The molecule has 1 aromatic heterocycles. The first kappa shape index (κ1) is 9.99. The van der Waals surface area contributed by atoms with Gasteiger partial charge in [0.25, 0.3) is 0 Å². The molecule has 72 valence electrons. The number of nitrogens with zero attached hydrogens (tertiary/aromatic N) is 2. The number of rotatable bonds is 4. The first-order valence-electron chi connectivity index (χ1n) is 4.54. The standard InChI is InChI=1S/C10H17N3/c1-8(2)6-13-7-10(5-12-13)9(3)4-11/h5,7-8H,3-4,6,11H2,1-2H3. The Kier molecular flexibility index (Phi) is 3.25. The zero-order chi connectivity index (χ0) is 9.84. The molecule has 0 aliphatic carbocycles. The third-order valence-electron chi connectivity index (χ3n) is 1.84. The molecule has 0 radical (unpaired) electrons. The normalized spacial score (nSPS) is 10.8. The summed E-state index contributed by atoms with van der Waals surface area (Å²) in [7, 11) is 0. The van der Waals surface area contributed by atoms with E-state index in [1.807, 2.05) is 17.1 Å². The van der Waals surface area contributed by atoms with Crippen molar-refractivity contribution < 1.29 is 0 Å². The Labute approximate surface area is 79.2 Å². The lowest BCUT2D eigenvalue weighted by molar-refractivity contribution is 0.483. The summed E-state index contributed by atoms with van der Waals surface area (Å²) in [5.74, 6) is 0.610. The van der Waals surface area contributed by atoms with Crippen LogP contribution in [0.5, 0.6) is 0 Å². The van der Waals surface area contributed by atoms with Gasteiger partial charge >= 0.3 is 0 Å². The fourth-order valence-electron chi connectivity index (χ4n) is 1.14. The lowest BCUT2D eigenvalue weighted by Gasteiger charge is -2.03. The lowest BCUT2D eigenvalue weighted by Crippen LogP contribution is -2.04. The topological polar surface area (TPSA) is 43.8 Å². The maximum atomic E-state index is 5.48. The number of hydrogen-bond acceptors (Lipinski definition) is 2. The molecule has 1 rings (SSSR count). The van der Waals surface area contributed by atoms with Crippen LogP contribution in [0.2, 0.25) is 0 Å². The van der Waals surface area contributed by atoms with Crippen molar-refractivity contribution in [3.8, 4) is 0 Å². The molecule has 0 aliphatic rings. The Morgan fingerprint density at radius 1 is 1.69 bits per heavy atom. The molecule has 0 spiro atoms. The van der Waals surface area contributed by atoms with Gasteiger partial charge in [-0.25, -0.2) is 0 Å². The molecule has 0 bridgehead atoms. The van der Waals surface area contributed by atoms with Gasteiger partial charge in [-0.15, -0.1) is 0 Å². The van der Waals surface area contributed by atoms with Gasteiger partial charge in [0.15, 0.2) is 0 Å². The van der Waals surface area contributed by atoms with Crippen LogP contribution in [0.25, 0.3) is 5.57 Å². The molecule has 0 saturated carbocycles. The highest BCUT2D eigenvalue weighted by Crippen LogP contribution is 2.09. The van der Waals surface area contributed by atoms with Crippen molar-refractivity contribution in [1.29, 1.82) is 0 Å². The zero-order valence-electron chi connectivity index (χ0n) is 8.33. The largest absolute Gasteiger partial charge is 0.326 e. The molecule has 3 heteroatoms. The molecule has 0 atom stereocenters. The van der Waals surface area contributed by atoms with E-state index in [1.54, 1.807) is 0 Å². The highest BCUT2D eigenvalue weighted by atomic mass is 15.3. The average molecular weight is 179 g/mol. The quantitative estimate of drug-likeness (QED) is 0.761. The molecule has 1 heterocycles. The van der Waals surface area contributed by atoms with Crippen molar-refractivity contribution in [2.45, 2.75) is 20.4 Å². The predicted molar refractivity (Wildman–Crippen MR) is 55.2 cm³/mol. The maximum absolute atomic E-state index is 5.48. The molecule has 0 amide bonds. The molecule has 0 aromatic carbocycles. The summed E-state index contributed by atoms with van der Waals surface area (Å²) in [5.41, 5.74) is 7.46. The van der Waals surface area contributed by atoms with E-state index in [9.17, 15) is 0 Å². The van der Waals surface area contributed by atoms with Crippen LogP contribution >= 0.6 is 0 Å². The molecule has 2 N–H and O–H groups in total. The van der Waals surface area contributed by atoms with Gasteiger partial charge in [-0.3, -0.25) is 4.68 Å². The van der Waals surface area contributed by atoms with E-state index in [0.717, 1.165) is 17.7 Å². The fourth-order valence-corrected chi connectivity index (χ4v) is 1.14. The lowest BCUT2D eigenvalue weighted by atomic mass is 10.2. The van der Waals surface area contributed by atoms with E-state index in [1.165, 1.54) is 0 Å². The van der Waals surface area contributed by atoms with Crippen molar-refractivity contribution in [3.05, 3.63) is 24.5 Å². The van der Waals surface area contributed by atoms with Crippen LogP contribution in [-0.2, 0) is 6.54 Å². The van der Waals surface area contributed by atoms with Crippen molar-refractivity contribution in [3.63, 3.8) is 0 Å². The Hall–Kier alpha value is -1.09. The monoisotopic (exact) mass is 179 g/mol. The van der Waals surface area contributed by atoms with Gasteiger partial charge in [0, 0.05) is 24.8 Å². The van der Waals surface area contributed by atoms with E-state index in [-0.39, 0.29) is 0 Å². The van der Waals surface area contributed by atoms with Crippen LogP contribution in [-0.4, -0.2) is 16.3 Å². The third kappa shape index (κ3) is 2.70. The summed E-state index contributed by atoms with van der Waals surface area (Å²) in [6.07, 6.45) is 3.81. The van der Waals surface area contributed by atoms with Gasteiger partial charge < -0.3 is 5.73 Å². The Balaban J connectivity index is 2.69. The molecular weight excluding hydrogens is 162 g/mol. The van der Waals surface area contributed by atoms with Crippen molar-refractivity contribution in [1.82, 2.24) is 9.78 Å². The van der Waals surface area contributed by atoms with Crippen LogP contribution in [0.1, 0.15) is 19.4 Å². The van der Waals surface area contributed by atoms with Gasteiger partial charge in [0.2, 0.25) is 0 Å². The van der Waals surface area contributed by atoms with Crippen LogP contribution in [0, 0.1) is 5.92 Å². The van der Waals surface area contributed by atoms with E-state index < -0.39 is 0 Å². The van der Waals surface area contributed by atoms with E-state index in [0.29, 0.717) is 12.5 Å². The molecule has 0 saturated heterocycles. The van der Waals surface area contributed by atoms with Gasteiger partial charge in [-0.1, -0.05) is 20.4 Å².